The van der Waals surface area contributed by atoms with Gasteiger partial charge in [0, 0.05) is 41.4 Å². The molecule has 0 atom stereocenters. The van der Waals surface area contributed by atoms with Gasteiger partial charge in [-0.25, -0.2) is 9.52 Å². The van der Waals surface area contributed by atoms with Crippen LogP contribution in [0.1, 0.15) is 50.7 Å². The summed E-state index contributed by atoms with van der Waals surface area (Å²) in [6.07, 6.45) is 1.35. The molecule has 1 aromatic heterocycles. The van der Waals surface area contributed by atoms with Crippen LogP contribution < -0.4 is 10.0 Å². The third-order valence-electron chi connectivity index (χ3n) is 3.66. The SMILES string of the molecule is CC(C)c1cccc(C(C)C)c1NC(=O)NS(=O)(=O)c1cccnn1.[Na]. The number of para-hydroxylation sites is 1. The van der Waals surface area contributed by atoms with E-state index in [1.165, 1.54) is 18.3 Å². The number of urea groups is 1. The van der Waals surface area contributed by atoms with Gasteiger partial charge in [-0.2, -0.15) is 13.5 Å². The second-order valence-electron chi connectivity index (χ2n) is 6.24. The minimum Gasteiger partial charge on any atom is -0.307 e. The summed E-state index contributed by atoms with van der Waals surface area (Å²) in [5, 5.41) is 9.41. The van der Waals surface area contributed by atoms with E-state index in [2.05, 4.69) is 15.5 Å². The molecule has 0 unspecified atom stereocenters. The van der Waals surface area contributed by atoms with Gasteiger partial charge in [-0.15, -0.1) is 5.10 Å². The molecule has 0 aliphatic carbocycles. The van der Waals surface area contributed by atoms with E-state index in [9.17, 15) is 13.2 Å². The van der Waals surface area contributed by atoms with E-state index in [4.69, 9.17) is 0 Å². The van der Waals surface area contributed by atoms with Crippen LogP contribution in [0.3, 0.4) is 0 Å². The number of anilines is 1. The summed E-state index contributed by atoms with van der Waals surface area (Å²) in [6.45, 7) is 8.05. The third kappa shape index (κ3) is 5.51. The Morgan fingerprint density at radius 3 is 2.04 bits per heavy atom. The normalized spacial score (nSPS) is 11.2. The first-order valence-corrected chi connectivity index (χ1v) is 9.45. The summed E-state index contributed by atoms with van der Waals surface area (Å²) in [5.74, 6) is 0.344. The summed E-state index contributed by atoms with van der Waals surface area (Å²) in [7, 11) is -4.08. The van der Waals surface area contributed by atoms with Crippen molar-refractivity contribution in [3.05, 3.63) is 47.7 Å². The molecule has 0 spiro atoms. The Bertz CT molecular complexity index is 829. The minimum atomic E-state index is -4.08. The second-order valence-corrected chi connectivity index (χ2v) is 7.87. The number of carbonyl (C=O) groups is 1. The first-order valence-electron chi connectivity index (χ1n) is 7.96. The van der Waals surface area contributed by atoms with Gasteiger partial charge in [-0.05, 0) is 35.1 Å². The van der Waals surface area contributed by atoms with E-state index < -0.39 is 16.1 Å². The van der Waals surface area contributed by atoms with Crippen molar-refractivity contribution in [1.29, 1.82) is 0 Å². The van der Waals surface area contributed by atoms with Gasteiger partial charge in [0.15, 0.2) is 5.03 Å². The molecule has 1 radical (unpaired) electrons. The van der Waals surface area contributed by atoms with Gasteiger partial charge in [0.25, 0.3) is 10.0 Å². The first kappa shape index (κ1) is 22.6. The predicted octanol–water partition coefficient (Wildman–Crippen LogP) is 2.85. The molecule has 0 saturated carbocycles. The van der Waals surface area contributed by atoms with Crippen LogP contribution in [0.4, 0.5) is 10.5 Å². The van der Waals surface area contributed by atoms with E-state index in [1.807, 2.05) is 50.6 Å². The average Bonchev–Trinajstić information content (AvgIpc) is 2.54. The van der Waals surface area contributed by atoms with Gasteiger partial charge in [0.1, 0.15) is 0 Å². The molecule has 26 heavy (non-hydrogen) atoms. The molecule has 2 rings (SSSR count). The van der Waals surface area contributed by atoms with Gasteiger partial charge in [0.2, 0.25) is 0 Å². The Kier molecular flexibility index (Phi) is 8.20. The topological polar surface area (TPSA) is 101 Å². The van der Waals surface area contributed by atoms with Crippen molar-refractivity contribution in [3.8, 4) is 0 Å². The summed E-state index contributed by atoms with van der Waals surface area (Å²) < 4.78 is 26.4. The van der Waals surface area contributed by atoms with E-state index in [-0.39, 0.29) is 46.4 Å². The zero-order chi connectivity index (χ0) is 18.6. The molecule has 1 heterocycles. The zero-order valence-electron chi connectivity index (χ0n) is 15.6. The predicted molar refractivity (Wildman–Crippen MR) is 102 cm³/mol. The molecule has 0 aliphatic heterocycles. The molecular weight excluding hydrogens is 363 g/mol. The van der Waals surface area contributed by atoms with Crippen LogP contribution in [-0.2, 0) is 10.0 Å². The van der Waals surface area contributed by atoms with Crippen LogP contribution in [0.15, 0.2) is 41.6 Å². The number of nitrogens with zero attached hydrogens (tertiary/aromatic N) is 2. The molecule has 2 amide bonds. The summed E-state index contributed by atoms with van der Waals surface area (Å²) in [4.78, 5) is 12.3. The molecule has 9 heteroatoms. The largest absolute Gasteiger partial charge is 0.333 e. The standard InChI is InChI=1S/C17H22N4O3S.Na/c1-11(2)13-7-5-8-14(12(3)4)16(13)19-17(22)21-25(23,24)15-9-6-10-18-20-15;/h5-12H,1-4H3,(H2,19,21,22);. The van der Waals surface area contributed by atoms with Crippen LogP contribution in [0.25, 0.3) is 0 Å². The number of aromatic nitrogens is 2. The number of rotatable bonds is 5. The van der Waals surface area contributed by atoms with Crippen molar-refractivity contribution in [2.75, 3.05) is 5.32 Å². The van der Waals surface area contributed by atoms with Crippen molar-refractivity contribution < 1.29 is 13.2 Å². The monoisotopic (exact) mass is 385 g/mol. The van der Waals surface area contributed by atoms with E-state index in [0.717, 1.165) is 11.1 Å². The number of hydrogen-bond donors (Lipinski definition) is 2. The van der Waals surface area contributed by atoms with Crippen LogP contribution in [-0.4, -0.2) is 54.2 Å². The molecule has 7 nitrogen and oxygen atoms in total. The summed E-state index contributed by atoms with van der Waals surface area (Å²) in [5.41, 5.74) is 2.52. The average molecular weight is 385 g/mol. The molecular formula is C17H22N4NaO3S. The molecule has 135 valence electrons. The maximum atomic E-state index is 12.3. The Morgan fingerprint density at radius 1 is 1.00 bits per heavy atom. The first-order chi connectivity index (χ1) is 11.7. The molecule has 0 aliphatic rings. The van der Waals surface area contributed by atoms with Crippen molar-refractivity contribution in [1.82, 2.24) is 14.9 Å². The molecule has 0 bridgehead atoms. The van der Waals surface area contributed by atoms with Crippen molar-refractivity contribution in [2.24, 2.45) is 0 Å². The number of sulfonamides is 1. The maximum absolute atomic E-state index is 12.3. The fourth-order valence-electron chi connectivity index (χ4n) is 2.44. The van der Waals surface area contributed by atoms with E-state index in [1.54, 1.807) is 0 Å². The van der Waals surface area contributed by atoms with Crippen LogP contribution >= 0.6 is 0 Å². The maximum Gasteiger partial charge on any atom is 0.333 e. The Labute approximate surface area is 176 Å². The third-order valence-corrected chi connectivity index (χ3v) is 4.88. The van der Waals surface area contributed by atoms with Crippen molar-refractivity contribution in [2.45, 2.75) is 44.6 Å². The van der Waals surface area contributed by atoms with Gasteiger partial charge >= 0.3 is 6.03 Å². The summed E-state index contributed by atoms with van der Waals surface area (Å²) in [6, 6.07) is 7.64. The minimum absolute atomic E-state index is 0. The second kappa shape index (κ2) is 9.45. The Morgan fingerprint density at radius 2 is 1.58 bits per heavy atom. The van der Waals surface area contributed by atoms with Crippen LogP contribution in [0.5, 0.6) is 0 Å². The number of nitrogens with one attached hydrogen (secondary N) is 2. The zero-order valence-corrected chi connectivity index (χ0v) is 18.5. The van der Waals surface area contributed by atoms with Crippen LogP contribution in [0.2, 0.25) is 0 Å². The molecule has 0 saturated heterocycles. The van der Waals surface area contributed by atoms with Gasteiger partial charge in [-0.1, -0.05) is 45.9 Å². The fourth-order valence-corrected chi connectivity index (χ4v) is 3.25. The molecule has 0 fully saturated rings. The van der Waals surface area contributed by atoms with E-state index in [0.29, 0.717) is 5.69 Å². The molecule has 2 aromatic rings. The van der Waals surface area contributed by atoms with Crippen molar-refractivity contribution in [3.63, 3.8) is 0 Å². The number of hydrogen-bond acceptors (Lipinski definition) is 5. The molecule has 2 N–H and O–H groups in total. The summed E-state index contributed by atoms with van der Waals surface area (Å²) >= 11 is 0. The smallest absolute Gasteiger partial charge is 0.307 e. The van der Waals surface area contributed by atoms with E-state index >= 15 is 0 Å². The van der Waals surface area contributed by atoms with Crippen LogP contribution in [0, 0.1) is 0 Å². The van der Waals surface area contributed by atoms with Crippen molar-refractivity contribution >= 4 is 51.3 Å². The Balaban J connectivity index is 0.00000338. The molecule has 1 aromatic carbocycles. The van der Waals surface area contributed by atoms with Gasteiger partial charge in [0.05, 0.1) is 0 Å². The number of carbonyl (C=O) groups excluding carboxylic acids is 1. The van der Waals surface area contributed by atoms with Gasteiger partial charge in [-0.3, -0.25) is 0 Å². The Hall–Kier alpha value is -1.48. The number of amides is 2. The van der Waals surface area contributed by atoms with Gasteiger partial charge < -0.3 is 5.32 Å². The fraction of sp³-hybridized carbons (Fsp3) is 0.353. The quantitative estimate of drug-likeness (QED) is 0.771. The number of benzene rings is 1.